The number of rotatable bonds is 2. The van der Waals surface area contributed by atoms with Gasteiger partial charge in [0.1, 0.15) is 12.4 Å². The standard InChI is InChI=1S/C15H20ClNO2/c16-14-3-4-15-13(8-14)10-17(5-7-19-15)9-12-2-1-6-18-11-12/h3-4,8,12H,1-2,5-7,9-11H2/t12-/m1/s1. The fourth-order valence-corrected chi connectivity index (χ4v) is 3.08. The Hall–Kier alpha value is -0.770. The molecular weight excluding hydrogens is 262 g/mol. The maximum absolute atomic E-state index is 6.08. The van der Waals surface area contributed by atoms with Crippen molar-refractivity contribution in [2.75, 3.05) is 32.9 Å². The third-order valence-electron chi connectivity index (χ3n) is 3.85. The Bertz CT molecular complexity index is 432. The smallest absolute Gasteiger partial charge is 0.123 e. The first-order valence-electron chi connectivity index (χ1n) is 7.02. The van der Waals surface area contributed by atoms with E-state index in [-0.39, 0.29) is 0 Å². The molecule has 2 heterocycles. The van der Waals surface area contributed by atoms with E-state index >= 15 is 0 Å². The van der Waals surface area contributed by atoms with Gasteiger partial charge in [-0.25, -0.2) is 0 Å². The monoisotopic (exact) mass is 281 g/mol. The van der Waals surface area contributed by atoms with Crippen molar-refractivity contribution in [3.05, 3.63) is 28.8 Å². The van der Waals surface area contributed by atoms with Gasteiger partial charge in [0.25, 0.3) is 0 Å². The molecule has 19 heavy (non-hydrogen) atoms. The minimum Gasteiger partial charge on any atom is -0.492 e. The summed E-state index contributed by atoms with van der Waals surface area (Å²) in [5, 5.41) is 0.783. The van der Waals surface area contributed by atoms with E-state index in [4.69, 9.17) is 21.1 Å². The fourth-order valence-electron chi connectivity index (χ4n) is 2.89. The van der Waals surface area contributed by atoms with E-state index in [0.29, 0.717) is 5.92 Å². The highest BCUT2D eigenvalue weighted by molar-refractivity contribution is 6.30. The van der Waals surface area contributed by atoms with Gasteiger partial charge in [-0.05, 0) is 37.0 Å². The quantitative estimate of drug-likeness (QED) is 0.832. The van der Waals surface area contributed by atoms with Crippen molar-refractivity contribution in [1.82, 2.24) is 4.90 Å². The number of fused-ring (bicyclic) bond motifs is 1. The van der Waals surface area contributed by atoms with Crippen LogP contribution in [0.15, 0.2) is 18.2 Å². The molecule has 3 nitrogen and oxygen atoms in total. The zero-order valence-corrected chi connectivity index (χ0v) is 11.9. The van der Waals surface area contributed by atoms with Gasteiger partial charge in [0.15, 0.2) is 0 Å². The van der Waals surface area contributed by atoms with Gasteiger partial charge in [-0.1, -0.05) is 11.6 Å². The van der Waals surface area contributed by atoms with E-state index in [2.05, 4.69) is 4.90 Å². The van der Waals surface area contributed by atoms with Crippen LogP contribution in [0.4, 0.5) is 0 Å². The Kier molecular flexibility index (Phi) is 4.26. The first-order chi connectivity index (χ1) is 9.31. The first-order valence-corrected chi connectivity index (χ1v) is 7.40. The minimum absolute atomic E-state index is 0.662. The van der Waals surface area contributed by atoms with Gasteiger partial charge in [0.2, 0.25) is 0 Å². The normalized spacial score (nSPS) is 24.4. The number of benzene rings is 1. The van der Waals surface area contributed by atoms with Crippen LogP contribution in [-0.2, 0) is 11.3 Å². The molecule has 104 valence electrons. The molecule has 1 aromatic rings. The van der Waals surface area contributed by atoms with Gasteiger partial charge in [-0.2, -0.15) is 0 Å². The Balaban J connectivity index is 1.67. The SMILES string of the molecule is Clc1ccc2c(c1)CN(C[C@H]1CCCOC1)CCO2. The van der Waals surface area contributed by atoms with Crippen molar-refractivity contribution >= 4 is 11.6 Å². The average molecular weight is 282 g/mol. The summed E-state index contributed by atoms with van der Waals surface area (Å²) in [5.41, 5.74) is 1.20. The highest BCUT2D eigenvalue weighted by Crippen LogP contribution is 2.27. The number of ether oxygens (including phenoxy) is 2. The van der Waals surface area contributed by atoms with Crippen molar-refractivity contribution in [3.8, 4) is 5.75 Å². The van der Waals surface area contributed by atoms with E-state index in [1.54, 1.807) is 0 Å². The molecule has 0 aliphatic carbocycles. The second-order valence-corrected chi connectivity index (χ2v) is 5.86. The molecule has 0 aromatic heterocycles. The van der Waals surface area contributed by atoms with Gasteiger partial charge in [0.05, 0.1) is 6.61 Å². The van der Waals surface area contributed by atoms with Crippen molar-refractivity contribution in [1.29, 1.82) is 0 Å². The summed E-state index contributed by atoms with van der Waals surface area (Å²) in [6, 6.07) is 5.89. The van der Waals surface area contributed by atoms with E-state index in [1.165, 1.54) is 18.4 Å². The molecule has 0 bridgehead atoms. The minimum atomic E-state index is 0.662. The second-order valence-electron chi connectivity index (χ2n) is 5.42. The number of halogens is 1. The summed E-state index contributed by atoms with van der Waals surface area (Å²) < 4.78 is 11.4. The molecule has 0 spiro atoms. The van der Waals surface area contributed by atoms with E-state index in [1.807, 2.05) is 18.2 Å². The molecule has 0 saturated carbocycles. The Morgan fingerprint density at radius 1 is 1.32 bits per heavy atom. The topological polar surface area (TPSA) is 21.7 Å². The molecule has 1 saturated heterocycles. The maximum Gasteiger partial charge on any atom is 0.123 e. The number of hydrogen-bond acceptors (Lipinski definition) is 3. The van der Waals surface area contributed by atoms with Crippen LogP contribution >= 0.6 is 11.6 Å². The molecule has 1 fully saturated rings. The molecule has 3 rings (SSSR count). The summed E-state index contributed by atoms with van der Waals surface area (Å²) in [6.45, 7) is 5.57. The largest absolute Gasteiger partial charge is 0.492 e. The predicted octanol–water partition coefficient (Wildman–Crippen LogP) is 2.96. The van der Waals surface area contributed by atoms with Crippen molar-refractivity contribution in [2.24, 2.45) is 5.92 Å². The lowest BCUT2D eigenvalue weighted by molar-refractivity contribution is 0.0365. The second kappa shape index (κ2) is 6.12. The van der Waals surface area contributed by atoms with Crippen molar-refractivity contribution in [2.45, 2.75) is 19.4 Å². The van der Waals surface area contributed by atoms with Gasteiger partial charge in [-0.15, -0.1) is 0 Å². The van der Waals surface area contributed by atoms with Crippen LogP contribution < -0.4 is 4.74 Å². The van der Waals surface area contributed by atoms with Crippen LogP contribution in [0.1, 0.15) is 18.4 Å². The zero-order valence-electron chi connectivity index (χ0n) is 11.1. The highest BCUT2D eigenvalue weighted by Gasteiger charge is 2.21. The molecule has 2 aliphatic rings. The van der Waals surface area contributed by atoms with Crippen LogP contribution in [0.5, 0.6) is 5.75 Å². The lowest BCUT2D eigenvalue weighted by Crippen LogP contribution is -2.34. The van der Waals surface area contributed by atoms with E-state index in [0.717, 1.165) is 50.2 Å². The Labute approximate surface area is 119 Å². The van der Waals surface area contributed by atoms with Crippen LogP contribution in [-0.4, -0.2) is 37.8 Å². The van der Waals surface area contributed by atoms with Crippen LogP contribution in [0.3, 0.4) is 0 Å². The van der Waals surface area contributed by atoms with Crippen molar-refractivity contribution < 1.29 is 9.47 Å². The number of hydrogen-bond donors (Lipinski definition) is 0. The third-order valence-corrected chi connectivity index (χ3v) is 4.09. The van der Waals surface area contributed by atoms with Gasteiger partial charge in [0, 0.05) is 36.8 Å². The molecule has 2 aliphatic heterocycles. The lowest BCUT2D eigenvalue weighted by Gasteiger charge is -2.28. The Morgan fingerprint density at radius 2 is 2.26 bits per heavy atom. The van der Waals surface area contributed by atoms with Gasteiger partial charge >= 0.3 is 0 Å². The molecule has 1 aromatic carbocycles. The lowest BCUT2D eigenvalue weighted by atomic mass is 10.0. The summed E-state index contributed by atoms with van der Waals surface area (Å²) in [7, 11) is 0. The molecule has 0 N–H and O–H groups in total. The van der Waals surface area contributed by atoms with Crippen LogP contribution in [0.2, 0.25) is 5.02 Å². The Morgan fingerprint density at radius 3 is 3.11 bits per heavy atom. The summed E-state index contributed by atoms with van der Waals surface area (Å²) in [5.74, 6) is 1.64. The molecule has 0 radical (unpaired) electrons. The summed E-state index contributed by atoms with van der Waals surface area (Å²) in [6.07, 6.45) is 2.47. The molecular formula is C15H20ClNO2. The first kappa shape index (κ1) is 13.2. The van der Waals surface area contributed by atoms with E-state index < -0.39 is 0 Å². The third kappa shape index (κ3) is 3.41. The maximum atomic E-state index is 6.08. The predicted molar refractivity (Wildman–Crippen MR) is 75.8 cm³/mol. The number of nitrogens with zero attached hydrogens (tertiary/aromatic N) is 1. The molecule has 1 atom stereocenters. The van der Waals surface area contributed by atoms with Crippen LogP contribution in [0.25, 0.3) is 0 Å². The van der Waals surface area contributed by atoms with Crippen molar-refractivity contribution in [3.63, 3.8) is 0 Å². The summed E-state index contributed by atoms with van der Waals surface area (Å²) >= 11 is 6.08. The molecule has 0 amide bonds. The molecule has 0 unspecified atom stereocenters. The zero-order chi connectivity index (χ0) is 13.1. The van der Waals surface area contributed by atoms with Crippen LogP contribution in [0, 0.1) is 5.92 Å². The molecule has 4 heteroatoms. The van der Waals surface area contributed by atoms with Gasteiger partial charge < -0.3 is 9.47 Å². The van der Waals surface area contributed by atoms with E-state index in [9.17, 15) is 0 Å². The highest BCUT2D eigenvalue weighted by atomic mass is 35.5. The fraction of sp³-hybridized carbons (Fsp3) is 0.600. The summed E-state index contributed by atoms with van der Waals surface area (Å²) in [4.78, 5) is 2.46. The average Bonchev–Trinajstić information content (AvgIpc) is 2.61. The van der Waals surface area contributed by atoms with Gasteiger partial charge in [-0.3, -0.25) is 4.90 Å².